The summed E-state index contributed by atoms with van der Waals surface area (Å²) < 4.78 is 8.88. The molecule has 6 N–H and O–H groups in total. The summed E-state index contributed by atoms with van der Waals surface area (Å²) in [6, 6.07) is 0. The standard InChI is InChI=1S/Ag.H3N.H3O4P/c;;1-5(2,3)4/h;1H3;(H3,1,2,3,4). The molecular formula is H6AgNO4P. The molecule has 7 heteroatoms. The maximum absolute atomic E-state index is 8.88. The van der Waals surface area contributed by atoms with Crippen LogP contribution in [-0.4, -0.2) is 14.7 Å². The topological polar surface area (TPSA) is 113 Å². The second kappa shape index (κ2) is 4.96. The Kier molecular flexibility index (Phi) is 11.1. The molecule has 0 atom stereocenters. The third kappa shape index (κ3) is 240. The van der Waals surface area contributed by atoms with Crippen LogP contribution >= 0.6 is 7.82 Å². The summed E-state index contributed by atoms with van der Waals surface area (Å²) in [6.45, 7) is 0. The van der Waals surface area contributed by atoms with E-state index in [9.17, 15) is 0 Å². The summed E-state index contributed by atoms with van der Waals surface area (Å²) in [5.74, 6) is 0. The number of hydrogen-bond donors (Lipinski definition) is 4. The molecule has 0 saturated carbocycles. The third-order valence-corrected chi connectivity index (χ3v) is 0. The molecule has 0 aromatic carbocycles. The molecule has 1 radical (unpaired) electrons. The molecule has 5 nitrogen and oxygen atoms in total. The molecule has 0 spiro atoms. The van der Waals surface area contributed by atoms with E-state index in [1.807, 2.05) is 0 Å². The summed E-state index contributed by atoms with van der Waals surface area (Å²) >= 11 is 0. The van der Waals surface area contributed by atoms with E-state index in [0.717, 1.165) is 0 Å². The van der Waals surface area contributed by atoms with Gasteiger partial charge >= 0.3 is 7.82 Å². The van der Waals surface area contributed by atoms with Gasteiger partial charge in [-0.3, -0.25) is 0 Å². The Balaban J connectivity index is -0.0000000800. The van der Waals surface area contributed by atoms with Crippen LogP contribution in [0.1, 0.15) is 0 Å². The molecule has 51 valence electrons. The van der Waals surface area contributed by atoms with Crippen LogP contribution in [0.2, 0.25) is 0 Å². The van der Waals surface area contributed by atoms with Crippen molar-refractivity contribution in [2.45, 2.75) is 0 Å². The molecule has 0 fully saturated rings. The first-order valence-corrected chi connectivity index (χ1v) is 2.35. The van der Waals surface area contributed by atoms with E-state index in [2.05, 4.69) is 0 Å². The molecule has 0 saturated heterocycles. The van der Waals surface area contributed by atoms with Gasteiger partial charge in [0.1, 0.15) is 0 Å². The van der Waals surface area contributed by atoms with Gasteiger partial charge in [-0.15, -0.1) is 0 Å². The molecule has 0 unspecified atom stereocenters. The predicted molar refractivity (Wildman–Crippen MR) is 19.3 cm³/mol. The first-order valence-electron chi connectivity index (χ1n) is 0.783. The van der Waals surface area contributed by atoms with Crippen molar-refractivity contribution in [2.75, 3.05) is 0 Å². The molecule has 0 bridgehead atoms. The minimum atomic E-state index is -4.64. The van der Waals surface area contributed by atoms with E-state index in [4.69, 9.17) is 19.2 Å². The first-order chi connectivity index (χ1) is 2.00. The van der Waals surface area contributed by atoms with Crippen LogP contribution < -0.4 is 6.15 Å². The second-order valence-electron chi connectivity index (χ2n) is 0.513. The monoisotopic (exact) mass is 222 g/mol. The van der Waals surface area contributed by atoms with E-state index in [1.54, 1.807) is 0 Å². The minimum absolute atomic E-state index is 0. The molecule has 0 heterocycles. The smallest absolute Gasteiger partial charge is 0.344 e. The van der Waals surface area contributed by atoms with Crippen molar-refractivity contribution in [2.24, 2.45) is 0 Å². The molecule has 0 aliphatic heterocycles. The summed E-state index contributed by atoms with van der Waals surface area (Å²) in [6.07, 6.45) is 0. The summed E-state index contributed by atoms with van der Waals surface area (Å²) in [5.41, 5.74) is 0. The Labute approximate surface area is 56.1 Å². The average Bonchev–Trinajstić information content (AvgIpc) is 0.722. The Hall–Kier alpha value is 0.810. The molecule has 0 amide bonds. The van der Waals surface area contributed by atoms with Crippen LogP contribution in [0, 0.1) is 0 Å². The molecule has 0 aromatic heterocycles. The zero-order chi connectivity index (χ0) is 4.50. The second-order valence-corrected chi connectivity index (χ2v) is 1.54. The van der Waals surface area contributed by atoms with E-state index in [1.165, 1.54) is 0 Å². The SMILES string of the molecule is N.O=P(O)(O)O.[Ag]. The maximum Gasteiger partial charge on any atom is 0.466 e. The minimum Gasteiger partial charge on any atom is -0.344 e. The van der Waals surface area contributed by atoms with E-state index < -0.39 is 7.82 Å². The summed E-state index contributed by atoms with van der Waals surface area (Å²) in [5, 5.41) is 0. The summed E-state index contributed by atoms with van der Waals surface area (Å²) in [7, 11) is -4.64. The van der Waals surface area contributed by atoms with Crippen LogP contribution in [0.4, 0.5) is 0 Å². The van der Waals surface area contributed by atoms with Crippen molar-refractivity contribution in [3.8, 4) is 0 Å². The Morgan fingerprint density at radius 2 is 1.14 bits per heavy atom. The van der Waals surface area contributed by atoms with Crippen LogP contribution in [0.25, 0.3) is 0 Å². The zero-order valence-electron chi connectivity index (χ0n) is 3.21. The molecular weight excluding hydrogens is 217 g/mol. The third-order valence-electron chi connectivity index (χ3n) is 0. The Bertz CT molecular complexity index is 57.8. The quantitative estimate of drug-likeness (QED) is 0.318. The van der Waals surface area contributed by atoms with E-state index >= 15 is 0 Å². The molecule has 7 heavy (non-hydrogen) atoms. The van der Waals surface area contributed by atoms with Crippen LogP contribution in [0.5, 0.6) is 0 Å². The van der Waals surface area contributed by atoms with Crippen LogP contribution in [0.15, 0.2) is 0 Å². The first kappa shape index (κ1) is 15.7. The zero-order valence-corrected chi connectivity index (χ0v) is 5.58. The Morgan fingerprint density at radius 1 is 1.14 bits per heavy atom. The fourth-order valence-corrected chi connectivity index (χ4v) is 0. The molecule has 0 aliphatic rings. The van der Waals surface area contributed by atoms with Gasteiger partial charge in [0.25, 0.3) is 0 Å². The van der Waals surface area contributed by atoms with Gasteiger partial charge in [0.15, 0.2) is 0 Å². The summed E-state index contributed by atoms with van der Waals surface area (Å²) in [4.78, 5) is 21.6. The number of phosphoric acid groups is 1. The molecule has 0 rings (SSSR count). The van der Waals surface area contributed by atoms with E-state index in [-0.39, 0.29) is 28.5 Å². The van der Waals surface area contributed by atoms with Gasteiger partial charge < -0.3 is 20.8 Å². The molecule has 0 aliphatic carbocycles. The largest absolute Gasteiger partial charge is 0.466 e. The van der Waals surface area contributed by atoms with Crippen molar-refractivity contribution in [1.82, 2.24) is 6.15 Å². The number of rotatable bonds is 0. The predicted octanol–water partition coefficient (Wildman–Crippen LogP) is -0.769. The fraction of sp³-hybridized carbons (Fsp3) is 0. The maximum atomic E-state index is 8.88. The van der Waals surface area contributed by atoms with Gasteiger partial charge in [0, 0.05) is 22.4 Å². The van der Waals surface area contributed by atoms with Crippen molar-refractivity contribution in [3.05, 3.63) is 0 Å². The van der Waals surface area contributed by atoms with Crippen molar-refractivity contribution >= 4 is 7.82 Å². The van der Waals surface area contributed by atoms with Gasteiger partial charge in [0.05, 0.1) is 0 Å². The van der Waals surface area contributed by atoms with Crippen molar-refractivity contribution < 1.29 is 41.6 Å². The number of hydrogen-bond acceptors (Lipinski definition) is 2. The van der Waals surface area contributed by atoms with Crippen LogP contribution in [-0.2, 0) is 26.9 Å². The van der Waals surface area contributed by atoms with Crippen LogP contribution in [0.3, 0.4) is 0 Å². The molecule has 0 aromatic rings. The fourth-order valence-electron chi connectivity index (χ4n) is 0. The van der Waals surface area contributed by atoms with Crippen molar-refractivity contribution in [1.29, 1.82) is 0 Å². The van der Waals surface area contributed by atoms with Gasteiger partial charge in [-0.25, -0.2) is 4.57 Å². The average molecular weight is 223 g/mol. The normalized spacial score (nSPS) is 8.43. The Morgan fingerprint density at radius 3 is 1.14 bits per heavy atom. The van der Waals surface area contributed by atoms with Gasteiger partial charge in [-0.1, -0.05) is 0 Å². The van der Waals surface area contributed by atoms with Gasteiger partial charge in [-0.05, 0) is 0 Å². The van der Waals surface area contributed by atoms with E-state index in [0.29, 0.717) is 0 Å². The van der Waals surface area contributed by atoms with Gasteiger partial charge in [0.2, 0.25) is 0 Å². The van der Waals surface area contributed by atoms with Gasteiger partial charge in [-0.2, -0.15) is 0 Å². The van der Waals surface area contributed by atoms with Crippen molar-refractivity contribution in [3.63, 3.8) is 0 Å².